The average molecular weight is 548 g/mol. The van der Waals surface area contributed by atoms with Crippen LogP contribution in [0, 0.1) is 0 Å². The van der Waals surface area contributed by atoms with Crippen LogP contribution in [0.1, 0.15) is 18.1 Å². The Morgan fingerprint density at radius 3 is 2.67 bits per heavy atom. The Morgan fingerprint density at radius 1 is 1.13 bits per heavy atom. The molecular formula is C21H27ClIN3O4. The van der Waals surface area contributed by atoms with E-state index < -0.39 is 0 Å². The first-order valence-corrected chi connectivity index (χ1v) is 9.84. The smallest absolute Gasteiger partial charge is 0.231 e. The van der Waals surface area contributed by atoms with E-state index >= 15 is 0 Å². The number of hydrogen-bond acceptors (Lipinski definition) is 5. The summed E-state index contributed by atoms with van der Waals surface area (Å²) >= 11 is 6.34. The van der Waals surface area contributed by atoms with Crippen LogP contribution in [-0.2, 0) is 13.0 Å². The molecule has 9 heteroatoms. The standard InChI is InChI=1S/C21H26ClN3O4.HI/c1-4-27-20-16(22)9-15(11-19(20)26-3)12-25-21(23-2)24-8-7-14-5-6-17-18(10-14)29-13-28-17;/h5-6,9-11H,4,7-8,12-13H2,1-3H3,(H2,23,24,25);1H. The molecule has 164 valence electrons. The first kappa shape index (κ1) is 24.2. The average Bonchev–Trinajstić information content (AvgIpc) is 3.20. The van der Waals surface area contributed by atoms with E-state index in [1.54, 1.807) is 14.2 Å². The van der Waals surface area contributed by atoms with Crippen LogP contribution in [0.5, 0.6) is 23.0 Å². The third-order valence-electron chi connectivity index (χ3n) is 4.40. The van der Waals surface area contributed by atoms with Gasteiger partial charge in [0.1, 0.15) is 0 Å². The number of nitrogens with zero attached hydrogens (tertiary/aromatic N) is 1. The van der Waals surface area contributed by atoms with Crippen LogP contribution in [0.15, 0.2) is 35.3 Å². The number of halogens is 2. The zero-order valence-electron chi connectivity index (χ0n) is 17.3. The van der Waals surface area contributed by atoms with E-state index in [9.17, 15) is 0 Å². The molecule has 0 radical (unpaired) electrons. The molecule has 1 heterocycles. The lowest BCUT2D eigenvalue weighted by Gasteiger charge is -2.15. The molecule has 30 heavy (non-hydrogen) atoms. The minimum atomic E-state index is 0. The number of rotatable bonds is 8. The van der Waals surface area contributed by atoms with Crippen molar-refractivity contribution in [3.8, 4) is 23.0 Å². The summed E-state index contributed by atoms with van der Waals surface area (Å²) in [6, 6.07) is 9.76. The zero-order valence-corrected chi connectivity index (χ0v) is 20.4. The van der Waals surface area contributed by atoms with E-state index in [4.69, 9.17) is 30.5 Å². The number of fused-ring (bicyclic) bond motifs is 1. The van der Waals surface area contributed by atoms with E-state index in [0.29, 0.717) is 35.6 Å². The second-order valence-corrected chi connectivity index (χ2v) is 6.74. The first-order chi connectivity index (χ1) is 14.1. The third-order valence-corrected chi connectivity index (χ3v) is 4.69. The van der Waals surface area contributed by atoms with Crippen LogP contribution in [0.4, 0.5) is 0 Å². The van der Waals surface area contributed by atoms with Crippen LogP contribution < -0.4 is 29.6 Å². The van der Waals surface area contributed by atoms with Crippen molar-refractivity contribution in [2.24, 2.45) is 4.99 Å². The number of nitrogens with one attached hydrogen (secondary N) is 2. The number of aliphatic imine (C=N–C) groups is 1. The van der Waals surface area contributed by atoms with Gasteiger partial charge in [0.15, 0.2) is 29.0 Å². The molecule has 1 aliphatic heterocycles. The molecule has 7 nitrogen and oxygen atoms in total. The quantitative estimate of drug-likeness (QED) is 0.296. The minimum absolute atomic E-state index is 0. The van der Waals surface area contributed by atoms with Gasteiger partial charge < -0.3 is 29.6 Å². The number of guanidine groups is 1. The van der Waals surface area contributed by atoms with Gasteiger partial charge in [-0.15, -0.1) is 24.0 Å². The molecule has 0 aliphatic carbocycles. The predicted octanol–water partition coefficient (Wildman–Crippen LogP) is 4.00. The van der Waals surface area contributed by atoms with Gasteiger partial charge in [0.25, 0.3) is 0 Å². The summed E-state index contributed by atoms with van der Waals surface area (Å²) < 4.78 is 21.7. The summed E-state index contributed by atoms with van der Waals surface area (Å²) in [6.07, 6.45) is 0.833. The Kier molecular flexibility index (Phi) is 9.64. The highest BCUT2D eigenvalue weighted by molar-refractivity contribution is 14.0. The molecule has 0 amide bonds. The van der Waals surface area contributed by atoms with Gasteiger partial charge in [-0.05, 0) is 48.7 Å². The summed E-state index contributed by atoms with van der Waals surface area (Å²) in [5.41, 5.74) is 2.13. The molecule has 0 bridgehead atoms. The van der Waals surface area contributed by atoms with E-state index in [1.165, 1.54) is 5.56 Å². The Bertz CT molecular complexity index is 880. The second-order valence-electron chi connectivity index (χ2n) is 6.33. The monoisotopic (exact) mass is 547 g/mol. The van der Waals surface area contributed by atoms with Crippen LogP contribution in [-0.4, -0.2) is 40.1 Å². The van der Waals surface area contributed by atoms with Gasteiger partial charge in [-0.1, -0.05) is 17.7 Å². The number of benzene rings is 2. The number of methoxy groups -OCH3 is 1. The van der Waals surface area contributed by atoms with Gasteiger partial charge in [0, 0.05) is 20.1 Å². The van der Waals surface area contributed by atoms with Crippen molar-refractivity contribution >= 4 is 41.5 Å². The van der Waals surface area contributed by atoms with Crippen molar-refractivity contribution in [1.29, 1.82) is 0 Å². The van der Waals surface area contributed by atoms with Crippen LogP contribution in [0.3, 0.4) is 0 Å². The molecule has 0 spiro atoms. The highest BCUT2D eigenvalue weighted by atomic mass is 127. The largest absolute Gasteiger partial charge is 0.493 e. The highest BCUT2D eigenvalue weighted by Crippen LogP contribution is 2.36. The lowest BCUT2D eigenvalue weighted by molar-refractivity contribution is 0.174. The molecule has 2 N–H and O–H groups in total. The molecule has 0 saturated heterocycles. The Morgan fingerprint density at radius 2 is 1.93 bits per heavy atom. The van der Waals surface area contributed by atoms with Gasteiger partial charge in [0.2, 0.25) is 6.79 Å². The predicted molar refractivity (Wildman–Crippen MR) is 129 cm³/mol. The lowest BCUT2D eigenvalue weighted by atomic mass is 10.1. The van der Waals surface area contributed by atoms with E-state index in [-0.39, 0.29) is 30.8 Å². The number of hydrogen-bond donors (Lipinski definition) is 2. The maximum Gasteiger partial charge on any atom is 0.231 e. The zero-order chi connectivity index (χ0) is 20.6. The van der Waals surface area contributed by atoms with Crippen LogP contribution >= 0.6 is 35.6 Å². The van der Waals surface area contributed by atoms with Gasteiger partial charge in [-0.2, -0.15) is 0 Å². The van der Waals surface area contributed by atoms with Gasteiger partial charge in [0.05, 0.1) is 18.7 Å². The topological polar surface area (TPSA) is 73.3 Å². The number of ether oxygens (including phenoxy) is 4. The van der Waals surface area contributed by atoms with Crippen molar-refractivity contribution in [3.63, 3.8) is 0 Å². The van der Waals surface area contributed by atoms with Crippen molar-refractivity contribution in [2.45, 2.75) is 19.9 Å². The van der Waals surface area contributed by atoms with Crippen molar-refractivity contribution in [3.05, 3.63) is 46.5 Å². The molecule has 0 unspecified atom stereocenters. The molecule has 0 fully saturated rings. The normalized spacial score (nSPS) is 12.2. The molecule has 2 aromatic rings. The lowest BCUT2D eigenvalue weighted by Crippen LogP contribution is -2.37. The minimum Gasteiger partial charge on any atom is -0.493 e. The molecule has 0 saturated carbocycles. The fourth-order valence-electron chi connectivity index (χ4n) is 2.99. The summed E-state index contributed by atoms with van der Waals surface area (Å²) in [5.74, 6) is 3.47. The van der Waals surface area contributed by atoms with Crippen molar-refractivity contribution in [2.75, 3.05) is 34.1 Å². The third kappa shape index (κ3) is 6.21. The maximum absolute atomic E-state index is 6.34. The molecule has 3 rings (SSSR count). The summed E-state index contributed by atoms with van der Waals surface area (Å²) in [6.45, 7) is 3.99. The van der Waals surface area contributed by atoms with Crippen LogP contribution in [0.25, 0.3) is 0 Å². The van der Waals surface area contributed by atoms with E-state index in [1.807, 2.05) is 37.3 Å². The van der Waals surface area contributed by atoms with Crippen molar-refractivity contribution < 1.29 is 18.9 Å². The fraction of sp³-hybridized carbons (Fsp3) is 0.381. The Hall–Kier alpha value is -2.07. The van der Waals surface area contributed by atoms with Crippen LogP contribution in [0.2, 0.25) is 5.02 Å². The first-order valence-electron chi connectivity index (χ1n) is 9.46. The molecule has 0 aromatic heterocycles. The van der Waals surface area contributed by atoms with E-state index in [0.717, 1.165) is 30.0 Å². The SMILES string of the molecule is CCOc1c(Cl)cc(CNC(=NC)NCCc2ccc3c(c2)OCO3)cc1OC.I. The molecule has 0 atom stereocenters. The van der Waals surface area contributed by atoms with Gasteiger partial charge >= 0.3 is 0 Å². The highest BCUT2D eigenvalue weighted by Gasteiger charge is 2.14. The molecule has 2 aromatic carbocycles. The van der Waals surface area contributed by atoms with E-state index in [2.05, 4.69) is 15.6 Å². The summed E-state index contributed by atoms with van der Waals surface area (Å²) in [7, 11) is 3.34. The second kappa shape index (κ2) is 11.9. The Balaban J connectivity index is 0.00000320. The summed E-state index contributed by atoms with van der Waals surface area (Å²) in [4.78, 5) is 4.26. The molecular weight excluding hydrogens is 521 g/mol. The maximum atomic E-state index is 6.34. The van der Waals surface area contributed by atoms with Gasteiger partial charge in [-0.25, -0.2) is 0 Å². The van der Waals surface area contributed by atoms with Gasteiger partial charge in [-0.3, -0.25) is 4.99 Å². The molecule has 1 aliphatic rings. The van der Waals surface area contributed by atoms with Crippen molar-refractivity contribution in [1.82, 2.24) is 10.6 Å². The summed E-state index contributed by atoms with van der Waals surface area (Å²) in [5, 5.41) is 7.11. The Labute approximate surface area is 199 Å². The fourth-order valence-corrected chi connectivity index (χ4v) is 3.28.